The molecular weight excluding hydrogens is 348 g/mol. The lowest BCUT2D eigenvalue weighted by Gasteiger charge is -2.34. The highest BCUT2D eigenvalue weighted by atomic mass is 16.5. The summed E-state index contributed by atoms with van der Waals surface area (Å²) in [6.45, 7) is 1.68. The topological polar surface area (TPSA) is 87.2 Å². The van der Waals surface area contributed by atoms with Crippen LogP contribution in [0.1, 0.15) is 32.1 Å². The van der Waals surface area contributed by atoms with Crippen molar-refractivity contribution in [3.05, 3.63) is 24.3 Å². The molecule has 0 aromatic heterocycles. The number of hydrogen-bond acceptors (Lipinski definition) is 4. The molecule has 7 heteroatoms. The molecule has 2 aliphatic heterocycles. The van der Waals surface area contributed by atoms with Crippen molar-refractivity contribution in [3.8, 4) is 5.75 Å². The summed E-state index contributed by atoms with van der Waals surface area (Å²) in [5.74, 6) is -0.211. The zero-order valence-corrected chi connectivity index (χ0v) is 15.6. The Kier molecular flexibility index (Phi) is 5.98. The number of anilines is 1. The van der Waals surface area contributed by atoms with Crippen LogP contribution in [0.2, 0.25) is 0 Å². The predicted molar refractivity (Wildman–Crippen MR) is 99.6 cm³/mol. The van der Waals surface area contributed by atoms with Gasteiger partial charge in [0.1, 0.15) is 5.75 Å². The van der Waals surface area contributed by atoms with Crippen molar-refractivity contribution in [2.75, 3.05) is 31.6 Å². The first-order chi connectivity index (χ1) is 13.0. The molecule has 0 radical (unpaired) electrons. The maximum atomic E-state index is 12.9. The lowest BCUT2D eigenvalue weighted by molar-refractivity contribution is -0.138. The summed E-state index contributed by atoms with van der Waals surface area (Å²) < 4.78 is 5.14. The van der Waals surface area contributed by atoms with Gasteiger partial charge in [-0.2, -0.15) is 0 Å². The van der Waals surface area contributed by atoms with E-state index in [0.29, 0.717) is 26.1 Å². The van der Waals surface area contributed by atoms with Crippen molar-refractivity contribution in [1.82, 2.24) is 4.90 Å². The number of carboxylic acid groups (broad SMARTS) is 1. The van der Waals surface area contributed by atoms with Crippen LogP contribution in [0.5, 0.6) is 5.75 Å². The number of likely N-dealkylation sites (tertiary alicyclic amines) is 1. The number of piperidine rings is 1. The maximum Gasteiger partial charge on any atom is 0.303 e. The van der Waals surface area contributed by atoms with Crippen molar-refractivity contribution in [3.63, 3.8) is 0 Å². The molecule has 146 valence electrons. The van der Waals surface area contributed by atoms with E-state index >= 15 is 0 Å². The Labute approximate surface area is 158 Å². The predicted octanol–water partition coefficient (Wildman–Crippen LogP) is 2.15. The minimum Gasteiger partial charge on any atom is -0.497 e. The largest absolute Gasteiger partial charge is 0.497 e. The zero-order valence-electron chi connectivity index (χ0n) is 15.6. The third kappa shape index (κ3) is 4.59. The van der Waals surface area contributed by atoms with E-state index in [-0.39, 0.29) is 36.5 Å². The highest BCUT2D eigenvalue weighted by Gasteiger charge is 2.38. The van der Waals surface area contributed by atoms with Gasteiger partial charge in [-0.3, -0.25) is 14.4 Å². The third-order valence-corrected chi connectivity index (χ3v) is 5.46. The number of aliphatic carboxylic acids is 1. The Morgan fingerprint density at radius 3 is 2.63 bits per heavy atom. The highest BCUT2D eigenvalue weighted by Crippen LogP contribution is 2.29. The van der Waals surface area contributed by atoms with Gasteiger partial charge in [0, 0.05) is 38.2 Å². The van der Waals surface area contributed by atoms with Gasteiger partial charge in [-0.15, -0.1) is 0 Å². The van der Waals surface area contributed by atoms with Gasteiger partial charge in [0.25, 0.3) is 0 Å². The Balaban J connectivity index is 1.60. The summed E-state index contributed by atoms with van der Waals surface area (Å²) in [5, 5.41) is 8.86. The number of rotatable bonds is 6. The molecule has 2 unspecified atom stereocenters. The van der Waals surface area contributed by atoms with Crippen molar-refractivity contribution in [1.29, 1.82) is 0 Å². The van der Waals surface area contributed by atoms with E-state index in [4.69, 9.17) is 9.84 Å². The van der Waals surface area contributed by atoms with Crippen LogP contribution in [0.25, 0.3) is 0 Å². The number of amides is 2. The first-order valence-corrected chi connectivity index (χ1v) is 9.43. The lowest BCUT2D eigenvalue weighted by atomic mass is 9.92. The van der Waals surface area contributed by atoms with Crippen molar-refractivity contribution < 1.29 is 24.2 Å². The second kappa shape index (κ2) is 8.41. The maximum absolute atomic E-state index is 12.9. The summed E-state index contributed by atoms with van der Waals surface area (Å²) >= 11 is 0. The number of hydrogen-bond donors (Lipinski definition) is 1. The first-order valence-electron chi connectivity index (χ1n) is 9.43. The van der Waals surface area contributed by atoms with Crippen molar-refractivity contribution in [2.45, 2.75) is 32.1 Å². The van der Waals surface area contributed by atoms with E-state index in [9.17, 15) is 14.4 Å². The molecule has 3 rings (SSSR count). The molecule has 0 bridgehead atoms. The van der Waals surface area contributed by atoms with Gasteiger partial charge < -0.3 is 19.6 Å². The molecule has 1 N–H and O–H groups in total. The normalized spacial score (nSPS) is 22.8. The monoisotopic (exact) mass is 374 g/mol. The molecule has 0 spiro atoms. The van der Waals surface area contributed by atoms with Crippen LogP contribution >= 0.6 is 0 Å². The van der Waals surface area contributed by atoms with E-state index in [1.165, 1.54) is 0 Å². The van der Waals surface area contributed by atoms with Gasteiger partial charge in [0.05, 0.1) is 13.0 Å². The number of nitrogens with zero attached hydrogens (tertiary/aromatic N) is 2. The molecule has 2 atom stereocenters. The molecule has 1 aromatic rings. The van der Waals surface area contributed by atoms with E-state index in [1.807, 2.05) is 17.0 Å². The average molecular weight is 374 g/mol. The van der Waals surface area contributed by atoms with Crippen molar-refractivity contribution >= 4 is 23.5 Å². The molecule has 0 aliphatic carbocycles. The molecule has 2 saturated heterocycles. The van der Waals surface area contributed by atoms with Gasteiger partial charge in [-0.25, -0.2) is 0 Å². The van der Waals surface area contributed by atoms with Gasteiger partial charge in [-0.05, 0) is 49.4 Å². The molecule has 2 amide bonds. The Bertz CT molecular complexity index is 703. The van der Waals surface area contributed by atoms with Crippen LogP contribution in [0.15, 0.2) is 24.3 Å². The van der Waals surface area contributed by atoms with Gasteiger partial charge >= 0.3 is 5.97 Å². The fourth-order valence-corrected chi connectivity index (χ4v) is 3.97. The van der Waals surface area contributed by atoms with Crippen LogP contribution in [-0.4, -0.2) is 54.5 Å². The smallest absolute Gasteiger partial charge is 0.303 e. The SMILES string of the molecule is COc1ccc(N2CC(C(=O)N3CCCC(CCC(=O)O)C3)CC2=O)cc1. The standard InChI is InChI=1S/C20H26N2O5/c1-27-17-7-5-16(6-8-17)22-13-15(11-18(22)23)20(26)21-10-2-3-14(12-21)4-9-19(24)25/h5-8,14-15H,2-4,9-13H2,1H3,(H,24,25). The third-order valence-electron chi connectivity index (χ3n) is 5.46. The number of benzene rings is 1. The lowest BCUT2D eigenvalue weighted by Crippen LogP contribution is -2.43. The van der Waals surface area contributed by atoms with E-state index in [0.717, 1.165) is 24.3 Å². The Morgan fingerprint density at radius 1 is 1.22 bits per heavy atom. The second-order valence-corrected chi connectivity index (χ2v) is 7.33. The minimum absolute atomic E-state index is 0.0133. The molecular formula is C20H26N2O5. The molecule has 27 heavy (non-hydrogen) atoms. The fourth-order valence-electron chi connectivity index (χ4n) is 3.97. The minimum atomic E-state index is -0.796. The Morgan fingerprint density at radius 2 is 1.96 bits per heavy atom. The van der Waals surface area contributed by atoms with Crippen molar-refractivity contribution in [2.24, 2.45) is 11.8 Å². The zero-order chi connectivity index (χ0) is 19.4. The van der Waals surface area contributed by atoms with E-state index in [2.05, 4.69) is 0 Å². The van der Waals surface area contributed by atoms with Crippen LogP contribution in [0.3, 0.4) is 0 Å². The second-order valence-electron chi connectivity index (χ2n) is 7.33. The van der Waals surface area contributed by atoms with Gasteiger partial charge in [-0.1, -0.05) is 0 Å². The molecule has 2 fully saturated rings. The summed E-state index contributed by atoms with van der Waals surface area (Å²) in [4.78, 5) is 39.6. The summed E-state index contributed by atoms with van der Waals surface area (Å²) in [6, 6.07) is 7.25. The van der Waals surface area contributed by atoms with Crippen LogP contribution in [0, 0.1) is 11.8 Å². The number of carbonyl (C=O) groups excluding carboxylic acids is 2. The summed E-state index contributed by atoms with van der Waals surface area (Å²) in [5.41, 5.74) is 0.772. The summed E-state index contributed by atoms with van der Waals surface area (Å²) in [7, 11) is 1.59. The highest BCUT2D eigenvalue weighted by molar-refractivity contribution is 6.00. The fraction of sp³-hybridized carbons (Fsp3) is 0.550. The molecule has 0 saturated carbocycles. The number of carbonyl (C=O) groups is 3. The van der Waals surface area contributed by atoms with Crippen LogP contribution in [0.4, 0.5) is 5.69 Å². The number of carboxylic acids is 1. The van der Waals surface area contributed by atoms with Gasteiger partial charge in [0.15, 0.2) is 0 Å². The summed E-state index contributed by atoms with van der Waals surface area (Å²) in [6.07, 6.45) is 2.80. The molecule has 1 aromatic carbocycles. The number of ether oxygens (including phenoxy) is 1. The molecule has 2 aliphatic rings. The average Bonchev–Trinajstić information content (AvgIpc) is 3.07. The Hall–Kier alpha value is -2.57. The quantitative estimate of drug-likeness (QED) is 0.824. The number of methoxy groups -OCH3 is 1. The van der Waals surface area contributed by atoms with Gasteiger partial charge in [0.2, 0.25) is 11.8 Å². The van der Waals surface area contributed by atoms with E-state index < -0.39 is 5.97 Å². The molecule has 2 heterocycles. The van der Waals surface area contributed by atoms with Crippen LogP contribution < -0.4 is 9.64 Å². The van der Waals surface area contributed by atoms with Crippen LogP contribution in [-0.2, 0) is 14.4 Å². The molecule has 7 nitrogen and oxygen atoms in total. The van der Waals surface area contributed by atoms with E-state index in [1.54, 1.807) is 24.1 Å². The first kappa shape index (κ1) is 19.2.